The van der Waals surface area contributed by atoms with E-state index in [9.17, 15) is 8.78 Å². The van der Waals surface area contributed by atoms with Gasteiger partial charge in [-0.15, -0.1) is 0 Å². The van der Waals surface area contributed by atoms with Gasteiger partial charge in [-0.05, 0) is 65.6 Å². The van der Waals surface area contributed by atoms with E-state index in [-0.39, 0.29) is 5.56 Å². The van der Waals surface area contributed by atoms with Crippen LogP contribution in [-0.2, 0) is 0 Å². The summed E-state index contributed by atoms with van der Waals surface area (Å²) >= 11 is 3.19. The first-order valence-electron chi connectivity index (χ1n) is 6.35. The Morgan fingerprint density at radius 3 is 2.28 bits per heavy atom. The van der Waals surface area contributed by atoms with E-state index in [0.717, 1.165) is 0 Å². The number of hydrogen-bond acceptors (Lipinski definition) is 2. The molecule has 18 heavy (non-hydrogen) atoms. The average Bonchev–Trinajstić information content (AvgIpc) is 3.16. The quantitative estimate of drug-likeness (QED) is 0.815. The zero-order valence-corrected chi connectivity index (χ0v) is 11.5. The van der Waals surface area contributed by atoms with Gasteiger partial charge in [0.05, 0.1) is 0 Å². The minimum atomic E-state index is -2.45. The van der Waals surface area contributed by atoms with Crippen LogP contribution in [0.2, 0.25) is 0 Å². The van der Waals surface area contributed by atoms with Gasteiger partial charge in [-0.25, -0.2) is 13.8 Å². The molecule has 0 spiro atoms. The van der Waals surface area contributed by atoms with Crippen LogP contribution in [0.1, 0.15) is 37.7 Å². The second-order valence-corrected chi connectivity index (χ2v) is 6.07. The summed E-state index contributed by atoms with van der Waals surface area (Å²) in [6.45, 7) is 0. The smallest absolute Gasteiger partial charge is 0.264 e. The van der Waals surface area contributed by atoms with Crippen molar-refractivity contribution in [2.45, 2.75) is 38.2 Å². The number of rotatable bonds is 5. The lowest BCUT2D eigenvalue weighted by molar-refractivity contribution is 0.151. The number of halogens is 3. The van der Waals surface area contributed by atoms with Gasteiger partial charge >= 0.3 is 0 Å². The Kier molecular flexibility index (Phi) is 3.26. The summed E-state index contributed by atoms with van der Waals surface area (Å²) in [5.41, 5.74) is 0.0183. The Balaban J connectivity index is 1.78. The maximum absolute atomic E-state index is 12.7. The molecule has 0 unspecified atom stereocenters. The molecule has 0 amide bonds. The first-order valence-corrected chi connectivity index (χ1v) is 7.15. The highest BCUT2D eigenvalue weighted by atomic mass is 79.9. The molecule has 98 valence electrons. The Hall–Kier alpha value is -0.710. The third kappa shape index (κ3) is 2.82. The van der Waals surface area contributed by atoms with Crippen molar-refractivity contribution in [1.82, 2.24) is 4.98 Å². The van der Waals surface area contributed by atoms with Crippen LogP contribution in [0, 0.1) is 11.8 Å². The summed E-state index contributed by atoms with van der Waals surface area (Å²) in [4.78, 5) is 4.25. The highest BCUT2D eigenvalue weighted by molar-refractivity contribution is 9.10. The molecular weight excluding hydrogens is 302 g/mol. The highest BCUT2D eigenvalue weighted by Crippen LogP contribution is 2.45. The molecule has 3 rings (SSSR count). The molecule has 5 heteroatoms. The molecule has 0 aromatic carbocycles. The molecule has 2 saturated carbocycles. The normalized spacial score (nSPS) is 19.6. The summed E-state index contributed by atoms with van der Waals surface area (Å²) in [6, 6.07) is 3.27. The molecule has 2 nitrogen and oxygen atoms in total. The van der Waals surface area contributed by atoms with Crippen LogP contribution in [0.25, 0.3) is 0 Å². The lowest BCUT2D eigenvalue weighted by Crippen LogP contribution is -2.24. The number of anilines is 1. The van der Waals surface area contributed by atoms with Gasteiger partial charge in [0.25, 0.3) is 6.43 Å². The van der Waals surface area contributed by atoms with Gasteiger partial charge in [0, 0.05) is 11.6 Å². The van der Waals surface area contributed by atoms with E-state index in [1.54, 1.807) is 0 Å². The molecule has 1 heterocycles. The molecule has 1 N–H and O–H groups in total. The van der Waals surface area contributed by atoms with Crippen molar-refractivity contribution in [3.8, 4) is 0 Å². The van der Waals surface area contributed by atoms with Gasteiger partial charge in [-0.3, -0.25) is 0 Å². The fraction of sp³-hybridized carbons (Fsp3) is 0.615. The van der Waals surface area contributed by atoms with E-state index < -0.39 is 6.43 Å². The fourth-order valence-electron chi connectivity index (χ4n) is 2.42. The zero-order chi connectivity index (χ0) is 12.7. The van der Waals surface area contributed by atoms with Crippen LogP contribution < -0.4 is 5.32 Å². The first-order chi connectivity index (χ1) is 8.63. The Morgan fingerprint density at radius 1 is 1.17 bits per heavy atom. The van der Waals surface area contributed by atoms with Gasteiger partial charge in [0.2, 0.25) is 0 Å². The average molecular weight is 317 g/mol. The molecule has 1 aromatic heterocycles. The molecule has 0 bridgehead atoms. The molecule has 1 aromatic rings. The minimum Gasteiger partial charge on any atom is -0.367 e. The number of alkyl halides is 2. The third-order valence-electron chi connectivity index (χ3n) is 3.64. The van der Waals surface area contributed by atoms with Crippen LogP contribution in [0.5, 0.6) is 0 Å². The van der Waals surface area contributed by atoms with Crippen molar-refractivity contribution in [2.24, 2.45) is 11.8 Å². The van der Waals surface area contributed by atoms with Gasteiger partial charge in [0.1, 0.15) is 10.4 Å². The predicted molar refractivity (Wildman–Crippen MR) is 69.8 cm³/mol. The second kappa shape index (κ2) is 4.76. The fourth-order valence-corrected chi connectivity index (χ4v) is 2.87. The van der Waals surface area contributed by atoms with E-state index in [1.165, 1.54) is 37.8 Å². The molecule has 2 aliphatic carbocycles. The molecule has 0 radical (unpaired) electrons. The van der Waals surface area contributed by atoms with Crippen LogP contribution in [-0.4, -0.2) is 11.0 Å². The van der Waals surface area contributed by atoms with Gasteiger partial charge < -0.3 is 5.32 Å². The summed E-state index contributed by atoms with van der Waals surface area (Å²) in [5, 5.41) is 3.36. The summed E-state index contributed by atoms with van der Waals surface area (Å²) in [7, 11) is 0. The zero-order valence-electron chi connectivity index (χ0n) is 9.87. The molecule has 0 saturated heterocycles. The van der Waals surface area contributed by atoms with Gasteiger partial charge in [0.15, 0.2) is 0 Å². The van der Waals surface area contributed by atoms with Crippen molar-refractivity contribution < 1.29 is 8.78 Å². The van der Waals surface area contributed by atoms with Crippen LogP contribution in [0.15, 0.2) is 16.7 Å². The first kappa shape index (κ1) is 12.3. The minimum absolute atomic E-state index is 0.0183. The Morgan fingerprint density at radius 2 is 1.78 bits per heavy atom. The third-order valence-corrected chi connectivity index (χ3v) is 4.05. The van der Waals surface area contributed by atoms with Gasteiger partial charge in [-0.1, -0.05) is 0 Å². The second-order valence-electron chi connectivity index (χ2n) is 5.25. The van der Waals surface area contributed by atoms with E-state index in [0.29, 0.717) is 28.3 Å². The summed E-state index contributed by atoms with van der Waals surface area (Å²) < 4.78 is 25.9. The van der Waals surface area contributed by atoms with Crippen LogP contribution >= 0.6 is 15.9 Å². The maximum atomic E-state index is 12.7. The van der Waals surface area contributed by atoms with Crippen molar-refractivity contribution in [2.75, 3.05) is 5.32 Å². The van der Waals surface area contributed by atoms with Crippen molar-refractivity contribution in [1.29, 1.82) is 0 Å². The maximum Gasteiger partial charge on any atom is 0.264 e. The monoisotopic (exact) mass is 316 g/mol. The standard InChI is InChI=1S/C13H15BrF2N2/c14-10-5-9(13(15)16)6-11(17-10)18-12(7-1-2-7)8-3-4-8/h5-8,12-13H,1-4H2,(H,17,18). The van der Waals surface area contributed by atoms with E-state index in [4.69, 9.17) is 0 Å². The SMILES string of the molecule is FC(F)c1cc(Br)nc(NC(C2CC2)C2CC2)c1. The lowest BCUT2D eigenvalue weighted by atomic mass is 10.1. The van der Waals surface area contributed by atoms with Gasteiger partial charge in [-0.2, -0.15) is 0 Å². The molecular formula is C13H15BrF2N2. The summed E-state index contributed by atoms with van der Waals surface area (Å²) in [5.74, 6) is 2.00. The molecule has 2 aliphatic rings. The van der Waals surface area contributed by atoms with Crippen LogP contribution in [0.3, 0.4) is 0 Å². The van der Waals surface area contributed by atoms with E-state index in [1.807, 2.05) is 0 Å². The lowest BCUT2D eigenvalue weighted by Gasteiger charge is -2.19. The van der Waals surface area contributed by atoms with Crippen LogP contribution in [0.4, 0.5) is 14.6 Å². The Labute approximate surface area is 113 Å². The number of nitrogens with zero attached hydrogens (tertiary/aromatic N) is 1. The predicted octanol–water partition coefficient (Wildman–Crippen LogP) is 4.38. The van der Waals surface area contributed by atoms with E-state index >= 15 is 0 Å². The number of pyridine rings is 1. The van der Waals surface area contributed by atoms with E-state index in [2.05, 4.69) is 26.2 Å². The summed E-state index contributed by atoms with van der Waals surface area (Å²) in [6.07, 6.45) is 2.56. The van der Waals surface area contributed by atoms with Crippen molar-refractivity contribution >= 4 is 21.7 Å². The number of aromatic nitrogens is 1. The molecule has 2 fully saturated rings. The number of nitrogens with one attached hydrogen (secondary N) is 1. The molecule has 0 atom stereocenters. The largest absolute Gasteiger partial charge is 0.367 e. The highest BCUT2D eigenvalue weighted by Gasteiger charge is 2.41. The van der Waals surface area contributed by atoms with Crippen molar-refractivity contribution in [3.05, 3.63) is 22.3 Å². The molecule has 0 aliphatic heterocycles. The Bertz CT molecular complexity index is 433. The number of hydrogen-bond donors (Lipinski definition) is 1. The topological polar surface area (TPSA) is 24.9 Å². The van der Waals surface area contributed by atoms with Crippen molar-refractivity contribution in [3.63, 3.8) is 0 Å².